The Bertz CT molecular complexity index is 261. The average Bonchev–Trinajstić information content (AvgIpc) is 2.27. The number of hydrogen-bond acceptors (Lipinski definition) is 3. The fourth-order valence-corrected chi connectivity index (χ4v) is 1.72. The van der Waals surface area contributed by atoms with E-state index in [4.69, 9.17) is 0 Å². The zero-order valence-corrected chi connectivity index (χ0v) is 9.90. The summed E-state index contributed by atoms with van der Waals surface area (Å²) in [6.45, 7) is 4.16. The smallest absolute Gasteiger partial charge is 0.0543 e. The minimum atomic E-state index is 0.581. The van der Waals surface area contributed by atoms with Crippen molar-refractivity contribution in [3.63, 3.8) is 0 Å². The highest BCUT2D eigenvalue weighted by Crippen LogP contribution is 2.05. The maximum absolute atomic E-state index is 4.33. The summed E-state index contributed by atoms with van der Waals surface area (Å²) in [5.41, 5.74) is 1.13. The van der Waals surface area contributed by atoms with Crippen LogP contribution in [-0.2, 0) is 6.54 Å². The van der Waals surface area contributed by atoms with Gasteiger partial charge in [-0.15, -0.1) is 0 Å². The van der Waals surface area contributed by atoms with Crippen molar-refractivity contribution in [1.29, 1.82) is 0 Å². The van der Waals surface area contributed by atoms with Crippen LogP contribution in [0.3, 0.4) is 0 Å². The Labute approximate surface area is 92.5 Å². The second-order valence-corrected chi connectivity index (χ2v) is 3.86. The normalized spacial score (nSPS) is 13.1. The monoisotopic (exact) mass is 207 g/mol. The number of likely N-dealkylation sites (N-methyl/N-ethyl adjacent to an activating group) is 2. The Kier molecular flexibility index (Phi) is 5.29. The Balaban J connectivity index is 2.50. The molecule has 15 heavy (non-hydrogen) atoms. The predicted molar refractivity (Wildman–Crippen MR) is 63.7 cm³/mol. The summed E-state index contributed by atoms with van der Waals surface area (Å²) in [6, 6.07) is 6.64. The van der Waals surface area contributed by atoms with E-state index in [-0.39, 0.29) is 0 Å². The van der Waals surface area contributed by atoms with Crippen LogP contribution in [0, 0.1) is 0 Å². The van der Waals surface area contributed by atoms with E-state index in [2.05, 4.69) is 35.2 Å². The van der Waals surface area contributed by atoms with E-state index in [1.165, 1.54) is 0 Å². The van der Waals surface area contributed by atoms with Crippen molar-refractivity contribution >= 4 is 0 Å². The van der Waals surface area contributed by atoms with E-state index in [9.17, 15) is 0 Å². The highest BCUT2D eigenvalue weighted by Gasteiger charge is 2.11. The minimum absolute atomic E-state index is 0.581. The van der Waals surface area contributed by atoms with Gasteiger partial charge in [-0.25, -0.2) is 0 Å². The molecular weight excluding hydrogens is 186 g/mol. The second-order valence-electron chi connectivity index (χ2n) is 3.86. The summed E-state index contributed by atoms with van der Waals surface area (Å²) in [4.78, 5) is 6.68. The molecule has 0 fully saturated rings. The Morgan fingerprint density at radius 3 is 2.80 bits per heavy atom. The SMILES string of the molecule is CCC(CNC)N(C)Cc1ccccn1. The van der Waals surface area contributed by atoms with Crippen LogP contribution < -0.4 is 5.32 Å². The maximum atomic E-state index is 4.33. The lowest BCUT2D eigenvalue weighted by Gasteiger charge is -2.26. The molecule has 1 atom stereocenters. The van der Waals surface area contributed by atoms with Crippen molar-refractivity contribution in [2.45, 2.75) is 25.9 Å². The van der Waals surface area contributed by atoms with Gasteiger partial charge in [-0.3, -0.25) is 9.88 Å². The van der Waals surface area contributed by atoms with Crippen molar-refractivity contribution in [1.82, 2.24) is 15.2 Å². The highest BCUT2D eigenvalue weighted by molar-refractivity contribution is 5.03. The largest absolute Gasteiger partial charge is 0.318 e. The van der Waals surface area contributed by atoms with Crippen molar-refractivity contribution in [2.75, 3.05) is 20.6 Å². The van der Waals surface area contributed by atoms with Gasteiger partial charge in [0.1, 0.15) is 0 Å². The van der Waals surface area contributed by atoms with E-state index in [1.807, 2.05) is 25.4 Å². The zero-order valence-electron chi connectivity index (χ0n) is 9.90. The van der Waals surface area contributed by atoms with Gasteiger partial charge >= 0.3 is 0 Å². The molecule has 0 saturated heterocycles. The van der Waals surface area contributed by atoms with Gasteiger partial charge in [0, 0.05) is 25.3 Å². The fraction of sp³-hybridized carbons (Fsp3) is 0.583. The van der Waals surface area contributed by atoms with Crippen LogP contribution in [0.1, 0.15) is 19.0 Å². The van der Waals surface area contributed by atoms with Gasteiger partial charge in [-0.2, -0.15) is 0 Å². The van der Waals surface area contributed by atoms with Crippen LogP contribution in [0.5, 0.6) is 0 Å². The van der Waals surface area contributed by atoms with Crippen molar-refractivity contribution in [3.8, 4) is 0 Å². The van der Waals surface area contributed by atoms with E-state index < -0.39 is 0 Å². The van der Waals surface area contributed by atoms with Crippen molar-refractivity contribution in [3.05, 3.63) is 30.1 Å². The first-order valence-electron chi connectivity index (χ1n) is 5.52. The third-order valence-electron chi connectivity index (χ3n) is 2.67. The van der Waals surface area contributed by atoms with E-state index >= 15 is 0 Å². The third-order valence-corrected chi connectivity index (χ3v) is 2.67. The van der Waals surface area contributed by atoms with Crippen molar-refractivity contribution < 1.29 is 0 Å². The molecule has 0 spiro atoms. The van der Waals surface area contributed by atoms with E-state index in [0.717, 1.165) is 25.2 Å². The number of nitrogens with zero attached hydrogens (tertiary/aromatic N) is 2. The van der Waals surface area contributed by atoms with Gasteiger partial charge in [-0.05, 0) is 32.6 Å². The average molecular weight is 207 g/mol. The standard InChI is InChI=1S/C12H21N3/c1-4-12(9-13-2)15(3)10-11-7-5-6-8-14-11/h5-8,12-13H,4,9-10H2,1-3H3. The molecule has 1 N–H and O–H groups in total. The fourth-order valence-electron chi connectivity index (χ4n) is 1.72. The summed E-state index contributed by atoms with van der Waals surface area (Å²) < 4.78 is 0. The molecule has 0 saturated carbocycles. The molecule has 1 unspecified atom stereocenters. The number of rotatable bonds is 6. The van der Waals surface area contributed by atoms with Gasteiger partial charge < -0.3 is 5.32 Å². The van der Waals surface area contributed by atoms with E-state index in [1.54, 1.807) is 0 Å². The van der Waals surface area contributed by atoms with Gasteiger partial charge in [0.15, 0.2) is 0 Å². The lowest BCUT2D eigenvalue weighted by Crippen LogP contribution is -2.38. The Morgan fingerprint density at radius 1 is 1.47 bits per heavy atom. The third kappa shape index (κ3) is 3.98. The molecule has 3 nitrogen and oxygen atoms in total. The first kappa shape index (κ1) is 12.1. The molecule has 1 rings (SSSR count). The van der Waals surface area contributed by atoms with Gasteiger partial charge in [-0.1, -0.05) is 13.0 Å². The summed E-state index contributed by atoms with van der Waals surface area (Å²) in [5, 5.41) is 3.22. The Hall–Kier alpha value is -0.930. The first-order valence-corrected chi connectivity index (χ1v) is 5.52. The molecule has 3 heteroatoms. The van der Waals surface area contributed by atoms with E-state index in [0.29, 0.717) is 6.04 Å². The summed E-state index contributed by atoms with van der Waals surface area (Å²) in [6.07, 6.45) is 3.01. The van der Waals surface area contributed by atoms with Crippen molar-refractivity contribution in [2.24, 2.45) is 0 Å². The molecule has 84 valence electrons. The maximum Gasteiger partial charge on any atom is 0.0543 e. The van der Waals surface area contributed by atoms with Crippen LogP contribution in [0.4, 0.5) is 0 Å². The molecule has 0 aliphatic rings. The molecule has 0 aromatic carbocycles. The Morgan fingerprint density at radius 2 is 2.27 bits per heavy atom. The number of pyridine rings is 1. The van der Waals surface area contributed by atoms with Crippen LogP contribution in [0.15, 0.2) is 24.4 Å². The zero-order chi connectivity index (χ0) is 11.1. The first-order chi connectivity index (χ1) is 7.27. The molecule has 0 amide bonds. The second kappa shape index (κ2) is 6.53. The summed E-state index contributed by atoms with van der Waals surface area (Å²) in [7, 11) is 4.15. The molecule has 1 heterocycles. The quantitative estimate of drug-likeness (QED) is 0.766. The molecular formula is C12H21N3. The molecule has 0 aliphatic heterocycles. The van der Waals surface area contributed by atoms with Crippen LogP contribution in [-0.4, -0.2) is 36.6 Å². The van der Waals surface area contributed by atoms with Gasteiger partial charge in [0.25, 0.3) is 0 Å². The predicted octanol–water partition coefficient (Wildman–Crippen LogP) is 1.51. The van der Waals surface area contributed by atoms with Crippen LogP contribution in [0.25, 0.3) is 0 Å². The molecule has 0 aliphatic carbocycles. The van der Waals surface area contributed by atoms with Crippen LogP contribution >= 0.6 is 0 Å². The van der Waals surface area contributed by atoms with Gasteiger partial charge in [0.2, 0.25) is 0 Å². The topological polar surface area (TPSA) is 28.2 Å². The highest BCUT2D eigenvalue weighted by atomic mass is 15.1. The lowest BCUT2D eigenvalue weighted by atomic mass is 10.2. The van der Waals surface area contributed by atoms with Crippen LogP contribution in [0.2, 0.25) is 0 Å². The minimum Gasteiger partial charge on any atom is -0.318 e. The van der Waals surface area contributed by atoms with Gasteiger partial charge in [0.05, 0.1) is 5.69 Å². The molecule has 1 aromatic heterocycles. The summed E-state index contributed by atoms with van der Waals surface area (Å²) in [5.74, 6) is 0. The molecule has 0 bridgehead atoms. The summed E-state index contributed by atoms with van der Waals surface area (Å²) >= 11 is 0. The number of hydrogen-bond donors (Lipinski definition) is 1. The number of aromatic nitrogens is 1. The molecule has 1 aromatic rings. The lowest BCUT2D eigenvalue weighted by molar-refractivity contribution is 0.222. The number of nitrogens with one attached hydrogen (secondary N) is 1. The molecule has 0 radical (unpaired) electrons.